The van der Waals surface area contributed by atoms with Gasteiger partial charge in [0.25, 0.3) is 0 Å². The molecule has 0 saturated carbocycles. The van der Waals surface area contributed by atoms with E-state index in [1.54, 1.807) is 0 Å². The predicted molar refractivity (Wildman–Crippen MR) is 228 cm³/mol. The van der Waals surface area contributed by atoms with E-state index in [1.165, 1.54) is 231 Å². The Morgan fingerprint density at radius 2 is 0.451 bits per heavy atom. The van der Waals surface area contributed by atoms with Crippen LogP contribution in [-0.4, -0.2) is 43.0 Å². The number of hydrogen-bond donors (Lipinski definition) is 1. The molecular weight excluding hydrogens is 647 g/mol. The van der Waals surface area contributed by atoms with E-state index in [1.807, 2.05) is 0 Å². The van der Waals surface area contributed by atoms with Gasteiger partial charge in [-0.05, 0) is 38.5 Å². The molecule has 0 radical (unpaired) electrons. The van der Waals surface area contributed by atoms with E-state index in [4.69, 9.17) is 0 Å². The molecule has 0 heterocycles. The SMILES string of the molecule is CCCCCCCCCCCCCCC[N+](CCCCCCCCCCCCCCC)(CCCCCCCCCCCCCCC)CS(=O)(=O)O. The fraction of sp³-hybridized carbons (Fsp3) is 1.00. The monoisotopic (exact) mass is 743 g/mol. The molecular formula is C46H96NO3S+. The molecule has 0 aliphatic rings. The Bertz CT molecular complexity index is 696. The Balaban J connectivity index is 4.59. The van der Waals surface area contributed by atoms with E-state index in [9.17, 15) is 13.0 Å². The third-order valence-electron chi connectivity index (χ3n) is 11.6. The van der Waals surface area contributed by atoms with Gasteiger partial charge in [0.05, 0.1) is 19.6 Å². The van der Waals surface area contributed by atoms with Crippen molar-refractivity contribution in [1.29, 1.82) is 0 Å². The smallest absolute Gasteiger partial charge is 0.309 e. The summed E-state index contributed by atoms with van der Waals surface area (Å²) >= 11 is 0. The van der Waals surface area contributed by atoms with Crippen LogP contribution in [0.25, 0.3) is 0 Å². The van der Waals surface area contributed by atoms with Crippen LogP contribution >= 0.6 is 0 Å². The van der Waals surface area contributed by atoms with Gasteiger partial charge < -0.3 is 4.48 Å². The minimum Gasteiger partial charge on any atom is -0.309 e. The third kappa shape index (κ3) is 39.4. The van der Waals surface area contributed by atoms with Gasteiger partial charge in [-0.15, -0.1) is 0 Å². The first kappa shape index (κ1) is 50.9. The topological polar surface area (TPSA) is 54.4 Å². The number of nitrogens with zero attached hydrogens (tertiary/aromatic N) is 1. The van der Waals surface area contributed by atoms with E-state index in [-0.39, 0.29) is 5.88 Å². The van der Waals surface area contributed by atoms with Crippen LogP contribution in [0.5, 0.6) is 0 Å². The van der Waals surface area contributed by atoms with Gasteiger partial charge in [0, 0.05) is 0 Å². The van der Waals surface area contributed by atoms with Crippen LogP contribution in [0.2, 0.25) is 0 Å². The summed E-state index contributed by atoms with van der Waals surface area (Å²) in [6.07, 6.45) is 51.9. The van der Waals surface area contributed by atoms with Crippen LogP contribution in [0.3, 0.4) is 0 Å². The molecule has 0 saturated heterocycles. The highest BCUT2D eigenvalue weighted by Crippen LogP contribution is 2.21. The molecule has 0 aliphatic carbocycles. The van der Waals surface area contributed by atoms with Crippen molar-refractivity contribution >= 4 is 10.1 Å². The molecule has 0 aliphatic heterocycles. The molecule has 0 bridgehead atoms. The highest BCUT2D eigenvalue weighted by molar-refractivity contribution is 7.85. The summed E-state index contributed by atoms with van der Waals surface area (Å²) in [5.41, 5.74) is 0. The molecule has 0 fully saturated rings. The van der Waals surface area contributed by atoms with E-state index >= 15 is 0 Å². The first-order valence-corrected chi connectivity index (χ1v) is 25.3. The van der Waals surface area contributed by atoms with E-state index < -0.39 is 10.1 Å². The summed E-state index contributed by atoms with van der Waals surface area (Å²) in [5, 5.41) is 0. The molecule has 0 aromatic rings. The number of quaternary nitrogens is 1. The maximum absolute atomic E-state index is 12.4. The van der Waals surface area contributed by atoms with E-state index in [2.05, 4.69) is 20.8 Å². The third-order valence-corrected chi connectivity index (χ3v) is 12.5. The Kier molecular flexibility index (Phi) is 39.5. The second-order valence-corrected chi connectivity index (χ2v) is 18.4. The fourth-order valence-corrected chi connectivity index (χ4v) is 9.35. The molecule has 0 aromatic heterocycles. The first-order valence-electron chi connectivity index (χ1n) is 23.7. The molecule has 1 N–H and O–H groups in total. The van der Waals surface area contributed by atoms with Gasteiger partial charge in [-0.1, -0.05) is 233 Å². The zero-order chi connectivity index (χ0) is 37.4. The predicted octanol–water partition coefficient (Wildman–Crippen LogP) is 15.9. The average molecular weight is 743 g/mol. The van der Waals surface area contributed by atoms with Crippen LogP contribution in [0.4, 0.5) is 0 Å². The Morgan fingerprint density at radius 3 is 0.608 bits per heavy atom. The lowest BCUT2D eigenvalue weighted by Crippen LogP contribution is -2.53. The minimum absolute atomic E-state index is 0.0816. The lowest BCUT2D eigenvalue weighted by molar-refractivity contribution is -0.918. The van der Waals surface area contributed by atoms with Gasteiger partial charge in [-0.25, -0.2) is 0 Å². The van der Waals surface area contributed by atoms with Crippen molar-refractivity contribution in [2.75, 3.05) is 25.5 Å². The molecule has 0 atom stereocenters. The maximum Gasteiger partial charge on any atom is 0.316 e. The highest BCUT2D eigenvalue weighted by atomic mass is 32.2. The van der Waals surface area contributed by atoms with Crippen LogP contribution in [0, 0.1) is 0 Å². The number of unbranched alkanes of at least 4 members (excludes halogenated alkanes) is 36. The summed E-state index contributed by atoms with van der Waals surface area (Å²) < 4.78 is 35.5. The van der Waals surface area contributed by atoms with E-state index in [0.29, 0.717) is 4.48 Å². The molecule has 308 valence electrons. The van der Waals surface area contributed by atoms with Crippen LogP contribution < -0.4 is 0 Å². The van der Waals surface area contributed by atoms with Gasteiger partial charge >= 0.3 is 10.1 Å². The molecule has 0 aromatic carbocycles. The van der Waals surface area contributed by atoms with Crippen molar-refractivity contribution in [2.45, 2.75) is 271 Å². The van der Waals surface area contributed by atoms with Crippen molar-refractivity contribution in [1.82, 2.24) is 0 Å². The average Bonchev–Trinajstić information content (AvgIpc) is 3.10. The fourth-order valence-electron chi connectivity index (χ4n) is 8.27. The molecule has 5 heteroatoms. The Hall–Kier alpha value is -0.130. The molecule has 4 nitrogen and oxygen atoms in total. The maximum atomic E-state index is 12.4. The highest BCUT2D eigenvalue weighted by Gasteiger charge is 2.31. The second-order valence-electron chi connectivity index (χ2n) is 17.0. The molecule has 0 unspecified atom stereocenters. The summed E-state index contributed by atoms with van der Waals surface area (Å²) in [7, 11) is -4.01. The van der Waals surface area contributed by atoms with Crippen molar-refractivity contribution in [3.05, 3.63) is 0 Å². The number of hydrogen-bond acceptors (Lipinski definition) is 2. The number of rotatable bonds is 44. The molecule has 0 rings (SSSR count). The zero-order valence-electron chi connectivity index (χ0n) is 35.5. The lowest BCUT2D eigenvalue weighted by atomic mass is 10.0. The molecule has 51 heavy (non-hydrogen) atoms. The lowest BCUT2D eigenvalue weighted by Gasteiger charge is -2.38. The van der Waals surface area contributed by atoms with E-state index in [0.717, 1.165) is 38.9 Å². The molecule has 0 amide bonds. The summed E-state index contributed by atoms with van der Waals surface area (Å²) in [6.45, 7) is 9.59. The summed E-state index contributed by atoms with van der Waals surface area (Å²) in [5.74, 6) is -0.0816. The standard InChI is InChI=1S/C46H95NO3S/c1-4-7-10-13-16-19-22-25-28-31-34-37-40-43-47(46-51(48,49)50,44-41-38-35-32-29-26-23-20-17-14-11-8-5-2)45-42-39-36-33-30-27-24-21-18-15-12-9-6-3/h4-46H2,1-3H3/p+1. The minimum atomic E-state index is -4.01. The van der Waals surface area contributed by atoms with Crippen LogP contribution in [0.1, 0.15) is 271 Å². The quantitative estimate of drug-likeness (QED) is 0.0384. The zero-order valence-corrected chi connectivity index (χ0v) is 36.3. The van der Waals surface area contributed by atoms with Crippen molar-refractivity contribution in [2.24, 2.45) is 0 Å². The summed E-state index contributed by atoms with van der Waals surface area (Å²) in [6, 6.07) is 0. The second kappa shape index (κ2) is 39.6. The first-order chi connectivity index (χ1) is 24.9. The molecule has 0 spiro atoms. The van der Waals surface area contributed by atoms with Crippen molar-refractivity contribution < 1.29 is 17.5 Å². The Morgan fingerprint density at radius 1 is 0.294 bits per heavy atom. The Labute approximate surface area is 323 Å². The van der Waals surface area contributed by atoms with Crippen molar-refractivity contribution in [3.63, 3.8) is 0 Å². The van der Waals surface area contributed by atoms with Gasteiger partial charge in [-0.3, -0.25) is 4.55 Å². The van der Waals surface area contributed by atoms with Crippen LogP contribution in [-0.2, 0) is 10.1 Å². The van der Waals surface area contributed by atoms with Crippen LogP contribution in [0.15, 0.2) is 0 Å². The van der Waals surface area contributed by atoms with Gasteiger partial charge in [0.15, 0.2) is 0 Å². The summed E-state index contributed by atoms with van der Waals surface area (Å²) in [4.78, 5) is 0. The van der Waals surface area contributed by atoms with Gasteiger partial charge in [-0.2, -0.15) is 8.42 Å². The van der Waals surface area contributed by atoms with Crippen molar-refractivity contribution in [3.8, 4) is 0 Å². The van der Waals surface area contributed by atoms with Gasteiger partial charge in [0.1, 0.15) is 0 Å². The largest absolute Gasteiger partial charge is 0.316 e. The normalized spacial score (nSPS) is 12.3. The van der Waals surface area contributed by atoms with Gasteiger partial charge in [0.2, 0.25) is 5.88 Å².